The summed E-state index contributed by atoms with van der Waals surface area (Å²) in [4.78, 5) is 35.5. The minimum Gasteiger partial charge on any atom is -0.550 e. The first-order valence-electron chi connectivity index (χ1n) is 12.5. The number of ether oxygens (including phenoxy) is 6. The summed E-state index contributed by atoms with van der Waals surface area (Å²) in [6, 6.07) is 15.1. The van der Waals surface area contributed by atoms with Crippen LogP contribution in [0.2, 0.25) is 0 Å². The molecule has 0 fully saturated rings. The number of carboxylic acids is 3. The van der Waals surface area contributed by atoms with Gasteiger partial charge in [0.25, 0.3) is 0 Å². The number of carbonyl (C=O) groups excluding carboxylic acids is 3. The van der Waals surface area contributed by atoms with Gasteiger partial charge in [-0.15, -0.1) is 0 Å². The van der Waals surface area contributed by atoms with Crippen LogP contribution in [0.25, 0.3) is 23.5 Å². The average Bonchev–Trinajstić information content (AvgIpc) is 2.98. The van der Waals surface area contributed by atoms with Crippen molar-refractivity contribution in [1.82, 2.24) is 9.97 Å². The Labute approximate surface area is 272 Å². The van der Waals surface area contributed by atoms with Crippen molar-refractivity contribution in [2.24, 2.45) is 0 Å². The minimum absolute atomic E-state index is 0. The van der Waals surface area contributed by atoms with Gasteiger partial charge in [0.15, 0.2) is 11.5 Å². The van der Waals surface area contributed by atoms with E-state index >= 15 is 0 Å². The first kappa shape index (κ1) is 42.8. The molecule has 0 N–H and O–H groups in total. The average molecular weight is 671 g/mol. The van der Waals surface area contributed by atoms with Gasteiger partial charge in [-0.1, -0.05) is 30.4 Å². The second kappa shape index (κ2) is 25.0. The molecule has 244 valence electrons. The van der Waals surface area contributed by atoms with Crippen LogP contribution in [0, 0.1) is 0 Å². The maximum absolute atomic E-state index is 8.89. The standard InChI is InChI=1S/C24H26N2O6.3C2H4O2.Mn/c1-27-23(28-2)31-21-13-11-17(15-22(21)32-24(29-3)30-4)8-9-18-10-12-20(26-16-18)19-7-5-6-14-25-19;3*1-2(3)4;/h5-16,23-24H,1-4H3;3*1H3,(H,3,4);/q;;;;+3/p-3/b9-8+;;;;. The first-order chi connectivity index (χ1) is 20.9. The summed E-state index contributed by atoms with van der Waals surface area (Å²) in [7, 11) is 5.92. The van der Waals surface area contributed by atoms with Crippen LogP contribution in [0.15, 0.2) is 60.9 Å². The zero-order valence-corrected chi connectivity index (χ0v) is 26.9. The zero-order chi connectivity index (χ0) is 33.5. The van der Waals surface area contributed by atoms with Gasteiger partial charge in [-0.3, -0.25) is 9.97 Å². The van der Waals surface area contributed by atoms with Crippen LogP contribution in [0.3, 0.4) is 0 Å². The Morgan fingerprint density at radius 3 is 1.51 bits per heavy atom. The normalized spacial score (nSPS) is 9.80. The summed E-state index contributed by atoms with van der Waals surface area (Å²) in [5.41, 5.74) is 3.46. The van der Waals surface area contributed by atoms with Crippen molar-refractivity contribution in [2.75, 3.05) is 28.4 Å². The number of carbonyl (C=O) groups is 3. The van der Waals surface area contributed by atoms with Crippen molar-refractivity contribution in [2.45, 2.75) is 33.7 Å². The molecule has 0 saturated carbocycles. The molecule has 2 aromatic heterocycles. The van der Waals surface area contributed by atoms with Crippen molar-refractivity contribution in [3.63, 3.8) is 0 Å². The van der Waals surface area contributed by atoms with Gasteiger partial charge in [0.05, 0.1) is 11.4 Å². The molecule has 0 radical (unpaired) electrons. The Bertz CT molecular complexity index is 1240. The van der Waals surface area contributed by atoms with Crippen molar-refractivity contribution in [3.05, 3.63) is 72.1 Å². The monoisotopic (exact) mass is 670 g/mol. The van der Waals surface area contributed by atoms with Gasteiger partial charge in [0, 0.05) is 58.7 Å². The molecule has 3 rings (SSSR count). The molecule has 15 heteroatoms. The number of benzene rings is 1. The summed E-state index contributed by atoms with van der Waals surface area (Å²) < 4.78 is 31.9. The van der Waals surface area contributed by atoms with Crippen LogP contribution in [0.5, 0.6) is 11.5 Å². The zero-order valence-electron chi connectivity index (χ0n) is 25.8. The fourth-order valence-electron chi connectivity index (χ4n) is 2.77. The van der Waals surface area contributed by atoms with Crippen LogP contribution in [-0.4, -0.2) is 69.3 Å². The van der Waals surface area contributed by atoms with Gasteiger partial charge in [-0.2, -0.15) is 0 Å². The number of pyridine rings is 2. The van der Waals surface area contributed by atoms with Gasteiger partial charge in [-0.25, -0.2) is 0 Å². The van der Waals surface area contributed by atoms with E-state index in [0.29, 0.717) is 11.5 Å². The predicted octanol–water partition coefficient (Wildman–Crippen LogP) is 0.491. The molecule has 0 atom stereocenters. The molecule has 1 aromatic carbocycles. The number of carboxylic acid groups (broad SMARTS) is 3. The molecule has 0 unspecified atom stereocenters. The maximum Gasteiger partial charge on any atom is 3.00 e. The molecule has 0 spiro atoms. The van der Waals surface area contributed by atoms with Crippen LogP contribution < -0.4 is 24.8 Å². The molecule has 14 nitrogen and oxygen atoms in total. The first-order valence-corrected chi connectivity index (χ1v) is 12.5. The fraction of sp³-hybridized carbons (Fsp3) is 0.300. The van der Waals surface area contributed by atoms with E-state index < -0.39 is 30.9 Å². The summed E-state index contributed by atoms with van der Waals surface area (Å²) in [6.45, 7) is 1.13. The van der Waals surface area contributed by atoms with Crippen LogP contribution in [-0.2, 0) is 50.4 Å². The molecule has 2 heterocycles. The maximum atomic E-state index is 8.89. The number of methoxy groups -OCH3 is 4. The second-order valence-electron chi connectivity index (χ2n) is 7.96. The molecule has 0 aliphatic rings. The SMILES string of the molecule is CC(=O)[O-].CC(=O)[O-].CC(=O)[O-].COC(OC)Oc1ccc(/C=C/c2ccc(-c3ccccn3)nc2)cc1OC(OC)OC.[Mn+3]. The number of hydrogen-bond donors (Lipinski definition) is 0. The second-order valence-corrected chi connectivity index (χ2v) is 7.96. The Hall–Kier alpha value is -4.37. The summed E-state index contributed by atoms with van der Waals surface area (Å²) in [6.07, 6.45) is 7.43. The van der Waals surface area contributed by atoms with Crippen LogP contribution >= 0.6 is 0 Å². The Kier molecular flexibility index (Phi) is 23.8. The summed E-state index contributed by atoms with van der Waals surface area (Å²) in [5, 5.41) is 26.7. The van der Waals surface area contributed by atoms with E-state index in [-0.39, 0.29) is 17.1 Å². The molecule has 45 heavy (non-hydrogen) atoms. The van der Waals surface area contributed by atoms with Crippen molar-refractivity contribution >= 4 is 30.1 Å². The number of hydrogen-bond acceptors (Lipinski definition) is 14. The summed E-state index contributed by atoms with van der Waals surface area (Å²) in [5.74, 6) is -2.43. The number of rotatable bonds is 11. The van der Waals surface area contributed by atoms with E-state index in [1.54, 1.807) is 24.5 Å². The molecule has 0 saturated heterocycles. The van der Waals surface area contributed by atoms with Gasteiger partial charge < -0.3 is 58.1 Å². The fourth-order valence-corrected chi connectivity index (χ4v) is 2.77. The van der Waals surface area contributed by atoms with E-state index in [1.165, 1.54) is 28.4 Å². The van der Waals surface area contributed by atoms with Crippen molar-refractivity contribution in [3.8, 4) is 22.9 Å². The third kappa shape index (κ3) is 21.1. The Morgan fingerprint density at radius 1 is 0.644 bits per heavy atom. The molecule has 0 aliphatic heterocycles. The topological polar surface area (TPSA) is 202 Å². The minimum atomic E-state index is -1.08. The molecule has 0 amide bonds. The van der Waals surface area contributed by atoms with E-state index in [9.17, 15) is 0 Å². The number of aromatic nitrogens is 2. The van der Waals surface area contributed by atoms with Crippen LogP contribution in [0.4, 0.5) is 0 Å². The quantitative estimate of drug-likeness (QED) is 0.201. The molecular formula is C30H35MnN2O12. The molecule has 0 aliphatic carbocycles. The van der Waals surface area contributed by atoms with Gasteiger partial charge in [-0.05, 0) is 62.2 Å². The van der Waals surface area contributed by atoms with E-state index in [1.807, 2.05) is 48.6 Å². The Balaban J connectivity index is 0. The third-order valence-corrected chi connectivity index (χ3v) is 4.37. The molecular weight excluding hydrogens is 635 g/mol. The van der Waals surface area contributed by atoms with E-state index in [4.69, 9.17) is 58.1 Å². The van der Waals surface area contributed by atoms with Crippen molar-refractivity contribution < 1.29 is 75.2 Å². The molecule has 0 bridgehead atoms. The number of aliphatic carboxylic acids is 3. The number of nitrogens with zero attached hydrogens (tertiary/aromatic N) is 2. The largest absolute Gasteiger partial charge is 3.00 e. The predicted molar refractivity (Wildman–Crippen MR) is 152 cm³/mol. The van der Waals surface area contributed by atoms with Crippen molar-refractivity contribution in [1.29, 1.82) is 0 Å². The Morgan fingerprint density at radius 2 is 1.09 bits per heavy atom. The van der Waals surface area contributed by atoms with Gasteiger partial charge in [0.2, 0.25) is 0 Å². The summed E-state index contributed by atoms with van der Waals surface area (Å²) >= 11 is 0. The smallest absolute Gasteiger partial charge is 0.550 e. The van der Waals surface area contributed by atoms with Crippen LogP contribution in [0.1, 0.15) is 31.9 Å². The van der Waals surface area contributed by atoms with E-state index in [0.717, 1.165) is 43.3 Å². The molecule has 3 aromatic rings. The van der Waals surface area contributed by atoms with Gasteiger partial charge >= 0.3 is 30.0 Å². The van der Waals surface area contributed by atoms with Gasteiger partial charge in [0.1, 0.15) is 0 Å². The van der Waals surface area contributed by atoms with E-state index in [2.05, 4.69) is 9.97 Å². The third-order valence-electron chi connectivity index (χ3n) is 4.37.